The number of nitrogens with two attached hydrogens (primary N) is 1. The second-order valence-electron chi connectivity index (χ2n) is 11.1. The van der Waals surface area contributed by atoms with Crippen LogP contribution in [-0.2, 0) is 9.59 Å². The van der Waals surface area contributed by atoms with E-state index in [0.717, 1.165) is 0 Å². The number of hydrogen-bond donors (Lipinski definition) is 6. The van der Waals surface area contributed by atoms with Crippen LogP contribution in [0.1, 0.15) is 56.5 Å². The number of primary amides is 1. The summed E-state index contributed by atoms with van der Waals surface area (Å²) >= 11 is 0. The molecule has 34 heavy (non-hydrogen) atoms. The average Bonchev–Trinajstić information content (AvgIpc) is 2.73. The maximum Gasteiger partial charge on any atom is 0.230 e. The van der Waals surface area contributed by atoms with Crippen molar-refractivity contribution >= 4 is 17.5 Å². The molecule has 0 heterocycles. The Balaban J connectivity index is 2.06. The van der Waals surface area contributed by atoms with Crippen LogP contribution in [-0.4, -0.2) is 66.9 Å². The first-order valence-electron chi connectivity index (χ1n) is 11.6. The van der Waals surface area contributed by atoms with Crippen LogP contribution in [0, 0.1) is 34.5 Å². The summed E-state index contributed by atoms with van der Waals surface area (Å²) in [6.07, 6.45) is -5.20. The maximum absolute atomic E-state index is 13.7. The molecule has 2 unspecified atom stereocenters. The monoisotopic (exact) mass is 475 g/mol. The highest BCUT2D eigenvalue weighted by atomic mass is 16.4. The number of Topliss-reactive ketones (excluding diaryl/α,β-unsaturated/α-hetero) is 2. The molecule has 1 amide bonds. The van der Waals surface area contributed by atoms with E-state index in [1.165, 1.54) is 13.0 Å². The van der Waals surface area contributed by atoms with E-state index in [-0.39, 0.29) is 11.3 Å². The van der Waals surface area contributed by atoms with Crippen molar-refractivity contribution in [2.45, 2.75) is 64.4 Å². The normalized spacial score (nSPS) is 46.0. The molecule has 0 spiro atoms. The molecule has 3 aliphatic rings. The van der Waals surface area contributed by atoms with E-state index in [1.807, 2.05) is 0 Å². The summed E-state index contributed by atoms with van der Waals surface area (Å²) in [5, 5.41) is 57.2. The second kappa shape index (κ2) is 7.34. The Morgan fingerprint density at radius 3 is 2.24 bits per heavy atom. The van der Waals surface area contributed by atoms with E-state index in [2.05, 4.69) is 0 Å². The van der Waals surface area contributed by atoms with Crippen LogP contribution in [0.25, 0.3) is 0 Å². The van der Waals surface area contributed by atoms with Crippen molar-refractivity contribution in [3.05, 3.63) is 29.3 Å². The molecule has 0 bridgehead atoms. The van der Waals surface area contributed by atoms with Gasteiger partial charge in [-0.2, -0.15) is 0 Å². The molecule has 10 atom stereocenters. The standard InChI is InChI=1S/C25H33NO8/c1-9(2)15-18(29)14(21(26)32)19(30)25(34)20(31)16-17(28)13-11(7-6-8-12(13)27)10(3)23(16,4)22(33)24(15,25)5/h6-10,14-16,18,20,22,27,29,31,33-34H,1-5H3,(H2,26,32)/t10-,14-,15+,16-,18?,20?,22-,23+,24+,25+/m1/s1. The zero-order valence-electron chi connectivity index (χ0n) is 19.9. The smallest absolute Gasteiger partial charge is 0.230 e. The summed E-state index contributed by atoms with van der Waals surface area (Å²) < 4.78 is 0. The lowest BCUT2D eigenvalue weighted by Crippen LogP contribution is -2.83. The van der Waals surface area contributed by atoms with Gasteiger partial charge in [0.1, 0.15) is 17.8 Å². The van der Waals surface area contributed by atoms with Crippen molar-refractivity contribution in [1.82, 2.24) is 0 Å². The first-order chi connectivity index (χ1) is 15.6. The lowest BCUT2D eigenvalue weighted by molar-refractivity contribution is -0.306. The molecule has 3 aliphatic carbocycles. The van der Waals surface area contributed by atoms with Crippen molar-refractivity contribution in [2.75, 3.05) is 0 Å². The van der Waals surface area contributed by atoms with Gasteiger partial charge in [-0.1, -0.05) is 46.8 Å². The molecular formula is C25H33NO8. The zero-order chi connectivity index (χ0) is 25.7. The molecule has 0 radical (unpaired) electrons. The van der Waals surface area contributed by atoms with Crippen molar-refractivity contribution in [3.63, 3.8) is 0 Å². The number of carbonyl (C=O) groups is 3. The van der Waals surface area contributed by atoms with Crippen LogP contribution < -0.4 is 5.73 Å². The van der Waals surface area contributed by atoms with Gasteiger partial charge < -0.3 is 31.3 Å². The molecule has 7 N–H and O–H groups in total. The van der Waals surface area contributed by atoms with Crippen LogP contribution in [0.5, 0.6) is 5.75 Å². The number of aliphatic hydroxyl groups excluding tert-OH is 3. The van der Waals surface area contributed by atoms with Gasteiger partial charge in [0.25, 0.3) is 0 Å². The Hall–Kier alpha value is -2.33. The number of phenols is 1. The molecule has 1 aromatic carbocycles. The Morgan fingerprint density at radius 1 is 1.12 bits per heavy atom. The topological polar surface area (TPSA) is 178 Å². The van der Waals surface area contributed by atoms with Gasteiger partial charge in [-0.05, 0) is 29.4 Å². The maximum atomic E-state index is 13.7. The molecule has 1 aromatic rings. The van der Waals surface area contributed by atoms with E-state index in [1.54, 1.807) is 39.8 Å². The van der Waals surface area contributed by atoms with Gasteiger partial charge in [0.2, 0.25) is 5.91 Å². The Labute approximate surface area is 197 Å². The molecule has 0 saturated heterocycles. The molecule has 9 nitrogen and oxygen atoms in total. The third-order valence-electron chi connectivity index (χ3n) is 9.48. The number of aliphatic hydroxyl groups is 4. The van der Waals surface area contributed by atoms with Crippen LogP contribution in [0.3, 0.4) is 0 Å². The average molecular weight is 476 g/mol. The van der Waals surface area contributed by atoms with E-state index in [4.69, 9.17) is 5.73 Å². The summed E-state index contributed by atoms with van der Waals surface area (Å²) in [4.78, 5) is 39.5. The summed E-state index contributed by atoms with van der Waals surface area (Å²) in [5.41, 5.74) is -0.114. The molecule has 2 saturated carbocycles. The number of hydrogen-bond acceptors (Lipinski definition) is 8. The fourth-order valence-corrected chi connectivity index (χ4v) is 7.72. The SMILES string of the molecule is CC(C)[C@H]1C(O)[C@@H](C(N)=O)C(=O)[C@]2(O)C(O)[C@H]3C(=O)c4c(O)cccc4[C@@H](C)[C@]3(C)[C@@H](O)[C@]12C. The fraction of sp³-hybridized carbons (Fsp3) is 0.640. The van der Waals surface area contributed by atoms with Gasteiger partial charge in [0.15, 0.2) is 17.2 Å². The lowest BCUT2D eigenvalue weighted by Gasteiger charge is -2.69. The predicted molar refractivity (Wildman–Crippen MR) is 120 cm³/mol. The first kappa shape index (κ1) is 24.8. The third kappa shape index (κ3) is 2.50. The summed E-state index contributed by atoms with van der Waals surface area (Å²) in [6.45, 7) is 8.20. The molecule has 2 fully saturated rings. The minimum Gasteiger partial charge on any atom is -0.507 e. The van der Waals surface area contributed by atoms with Gasteiger partial charge in [-0.15, -0.1) is 0 Å². The number of fused-ring (bicyclic) bond motifs is 3. The number of aromatic hydroxyl groups is 1. The second-order valence-corrected chi connectivity index (χ2v) is 11.1. The van der Waals surface area contributed by atoms with Gasteiger partial charge in [-0.25, -0.2) is 0 Å². The number of carbonyl (C=O) groups excluding carboxylic acids is 3. The van der Waals surface area contributed by atoms with Crippen LogP contribution in [0.2, 0.25) is 0 Å². The number of rotatable bonds is 2. The summed E-state index contributed by atoms with van der Waals surface area (Å²) in [7, 11) is 0. The number of benzene rings is 1. The summed E-state index contributed by atoms with van der Waals surface area (Å²) in [5.74, 6) is -8.77. The van der Waals surface area contributed by atoms with Crippen molar-refractivity contribution in [3.8, 4) is 5.75 Å². The van der Waals surface area contributed by atoms with E-state index >= 15 is 0 Å². The van der Waals surface area contributed by atoms with Gasteiger partial charge in [-0.3, -0.25) is 14.4 Å². The predicted octanol–water partition coefficient (Wildman–Crippen LogP) is 0.105. The van der Waals surface area contributed by atoms with Crippen molar-refractivity contribution in [2.24, 2.45) is 40.2 Å². The third-order valence-corrected chi connectivity index (χ3v) is 9.48. The van der Waals surface area contributed by atoms with Gasteiger partial charge >= 0.3 is 0 Å². The van der Waals surface area contributed by atoms with Crippen molar-refractivity contribution in [1.29, 1.82) is 0 Å². The quantitative estimate of drug-likeness (QED) is 0.326. The number of ketones is 2. The Kier molecular flexibility index (Phi) is 5.35. The largest absolute Gasteiger partial charge is 0.507 e. The highest BCUT2D eigenvalue weighted by Crippen LogP contribution is 2.68. The van der Waals surface area contributed by atoms with E-state index in [0.29, 0.717) is 5.56 Å². The minimum absolute atomic E-state index is 0.0360. The summed E-state index contributed by atoms with van der Waals surface area (Å²) in [6, 6.07) is 4.56. The molecule has 9 heteroatoms. The zero-order valence-corrected chi connectivity index (χ0v) is 19.9. The molecule has 186 valence electrons. The van der Waals surface area contributed by atoms with Crippen molar-refractivity contribution < 1.29 is 39.9 Å². The first-order valence-corrected chi connectivity index (χ1v) is 11.6. The minimum atomic E-state index is -2.76. The van der Waals surface area contributed by atoms with E-state index < -0.39 is 81.8 Å². The van der Waals surface area contributed by atoms with Gasteiger partial charge in [0.05, 0.1) is 23.7 Å². The number of amides is 1. The van der Waals surface area contributed by atoms with Crippen LogP contribution in [0.4, 0.5) is 0 Å². The highest BCUT2D eigenvalue weighted by molar-refractivity contribution is 6.09. The van der Waals surface area contributed by atoms with Crippen LogP contribution in [0.15, 0.2) is 18.2 Å². The fourth-order valence-electron chi connectivity index (χ4n) is 7.72. The number of phenolic OH excluding ortho intramolecular Hbond substituents is 1. The van der Waals surface area contributed by atoms with Crippen LogP contribution >= 0.6 is 0 Å². The molecular weight excluding hydrogens is 442 g/mol. The molecule has 0 aliphatic heterocycles. The highest BCUT2D eigenvalue weighted by Gasteiger charge is 2.80. The lowest BCUT2D eigenvalue weighted by atomic mass is 9.36. The Bertz CT molecular complexity index is 1090. The Morgan fingerprint density at radius 2 is 1.71 bits per heavy atom. The van der Waals surface area contributed by atoms with Gasteiger partial charge in [0, 0.05) is 10.8 Å². The molecule has 0 aromatic heterocycles. The molecule has 4 rings (SSSR count). The van der Waals surface area contributed by atoms with E-state index in [9.17, 15) is 39.9 Å².